The van der Waals surface area contributed by atoms with Gasteiger partial charge in [0.2, 0.25) is 0 Å². The lowest BCUT2D eigenvalue weighted by Crippen LogP contribution is -2.19. The summed E-state index contributed by atoms with van der Waals surface area (Å²) in [4.78, 5) is 12.3. The number of amides is 1. The summed E-state index contributed by atoms with van der Waals surface area (Å²) in [6.45, 7) is 0. The molecular formula is C21H18ClN3O4S. The predicted octanol–water partition coefficient (Wildman–Crippen LogP) is 3.91. The zero-order valence-corrected chi connectivity index (χ0v) is 17.4. The number of ether oxygens (including phenoxy) is 1. The van der Waals surface area contributed by atoms with E-state index < -0.39 is 15.9 Å². The maximum Gasteiger partial charge on any atom is 0.271 e. The lowest BCUT2D eigenvalue weighted by atomic mass is 10.2. The summed E-state index contributed by atoms with van der Waals surface area (Å²) in [5.74, 6) is 0.171. The van der Waals surface area contributed by atoms with Gasteiger partial charge in [0.25, 0.3) is 15.9 Å². The molecule has 0 aliphatic carbocycles. The molecule has 0 saturated carbocycles. The largest absolute Gasteiger partial charge is 0.497 e. The van der Waals surface area contributed by atoms with Gasteiger partial charge in [0.15, 0.2) is 0 Å². The molecule has 0 fully saturated rings. The molecule has 0 spiro atoms. The van der Waals surface area contributed by atoms with Crippen LogP contribution in [0.15, 0.2) is 82.8 Å². The van der Waals surface area contributed by atoms with Gasteiger partial charge >= 0.3 is 0 Å². The molecule has 0 bridgehead atoms. The van der Waals surface area contributed by atoms with Gasteiger partial charge in [-0.1, -0.05) is 17.7 Å². The number of hydrazone groups is 1. The highest BCUT2D eigenvalue weighted by atomic mass is 35.5. The van der Waals surface area contributed by atoms with Gasteiger partial charge in [-0.25, -0.2) is 13.8 Å². The molecule has 30 heavy (non-hydrogen) atoms. The number of halogens is 1. The average Bonchev–Trinajstić information content (AvgIpc) is 2.76. The van der Waals surface area contributed by atoms with Crippen molar-refractivity contribution < 1.29 is 17.9 Å². The maximum atomic E-state index is 12.6. The highest BCUT2D eigenvalue weighted by Crippen LogP contribution is 2.19. The molecule has 1 amide bonds. The Morgan fingerprint density at radius 1 is 1.03 bits per heavy atom. The second kappa shape index (κ2) is 9.43. The zero-order valence-electron chi connectivity index (χ0n) is 15.9. The van der Waals surface area contributed by atoms with E-state index in [1.54, 1.807) is 55.6 Å². The Labute approximate surface area is 179 Å². The van der Waals surface area contributed by atoms with Crippen molar-refractivity contribution in [3.63, 3.8) is 0 Å². The molecule has 0 heterocycles. The molecule has 7 nitrogen and oxygen atoms in total. The van der Waals surface area contributed by atoms with E-state index in [0.717, 1.165) is 5.56 Å². The van der Waals surface area contributed by atoms with E-state index in [-0.39, 0.29) is 10.5 Å². The third-order valence-corrected chi connectivity index (χ3v) is 5.63. The minimum Gasteiger partial charge on any atom is -0.497 e. The normalized spacial score (nSPS) is 11.3. The van der Waals surface area contributed by atoms with E-state index in [2.05, 4.69) is 15.2 Å². The van der Waals surface area contributed by atoms with Crippen LogP contribution in [0.5, 0.6) is 5.75 Å². The summed E-state index contributed by atoms with van der Waals surface area (Å²) in [5.41, 5.74) is 3.66. The molecule has 3 aromatic carbocycles. The van der Waals surface area contributed by atoms with Crippen LogP contribution in [0.1, 0.15) is 15.9 Å². The number of anilines is 1. The van der Waals surface area contributed by atoms with Crippen molar-refractivity contribution in [3.05, 3.63) is 88.9 Å². The number of hydrogen-bond donors (Lipinski definition) is 2. The summed E-state index contributed by atoms with van der Waals surface area (Å²) in [7, 11) is -2.30. The van der Waals surface area contributed by atoms with Crippen LogP contribution in [-0.4, -0.2) is 27.6 Å². The van der Waals surface area contributed by atoms with Crippen molar-refractivity contribution in [3.8, 4) is 5.75 Å². The molecule has 0 aliphatic rings. The standard InChI is InChI=1S/C21H18ClN3O4S/c1-29-19-11-5-15(6-12-19)14-23-24-21(26)16-3-2-4-20(13-16)30(27,28)25-18-9-7-17(22)8-10-18/h2-14,25H,1H3,(H,24,26). The number of nitrogens with zero attached hydrogens (tertiary/aromatic N) is 1. The molecule has 0 aliphatic heterocycles. The van der Waals surface area contributed by atoms with Crippen molar-refractivity contribution in [2.75, 3.05) is 11.8 Å². The van der Waals surface area contributed by atoms with E-state index in [1.165, 1.54) is 30.5 Å². The number of hydrogen-bond acceptors (Lipinski definition) is 5. The van der Waals surface area contributed by atoms with E-state index in [0.29, 0.717) is 16.5 Å². The van der Waals surface area contributed by atoms with Gasteiger partial charge in [0.1, 0.15) is 5.75 Å². The lowest BCUT2D eigenvalue weighted by molar-refractivity contribution is 0.0955. The van der Waals surface area contributed by atoms with Crippen LogP contribution in [-0.2, 0) is 10.0 Å². The number of benzene rings is 3. The van der Waals surface area contributed by atoms with E-state index >= 15 is 0 Å². The first-order chi connectivity index (χ1) is 14.4. The summed E-state index contributed by atoms with van der Waals surface area (Å²) in [5, 5.41) is 4.39. The fourth-order valence-electron chi connectivity index (χ4n) is 2.46. The molecule has 3 aromatic rings. The Morgan fingerprint density at radius 2 is 1.73 bits per heavy atom. The van der Waals surface area contributed by atoms with Gasteiger partial charge in [0, 0.05) is 16.3 Å². The fourth-order valence-corrected chi connectivity index (χ4v) is 3.69. The van der Waals surface area contributed by atoms with Gasteiger partial charge in [0.05, 0.1) is 18.2 Å². The van der Waals surface area contributed by atoms with Crippen LogP contribution in [0.2, 0.25) is 5.02 Å². The van der Waals surface area contributed by atoms with Crippen LogP contribution < -0.4 is 14.9 Å². The molecule has 3 rings (SSSR count). The Balaban J connectivity index is 1.69. The van der Waals surface area contributed by atoms with Gasteiger partial charge < -0.3 is 4.74 Å². The average molecular weight is 444 g/mol. The Morgan fingerprint density at radius 3 is 2.40 bits per heavy atom. The van der Waals surface area contributed by atoms with Crippen molar-refractivity contribution in [1.29, 1.82) is 0 Å². The molecule has 2 N–H and O–H groups in total. The number of nitrogens with one attached hydrogen (secondary N) is 2. The van der Waals surface area contributed by atoms with Crippen molar-refractivity contribution in [2.24, 2.45) is 5.10 Å². The van der Waals surface area contributed by atoms with Crippen LogP contribution in [0.3, 0.4) is 0 Å². The van der Waals surface area contributed by atoms with Crippen molar-refractivity contribution >= 4 is 39.4 Å². The SMILES string of the molecule is COc1ccc(C=NNC(=O)c2cccc(S(=O)(=O)Nc3ccc(Cl)cc3)c2)cc1. The Bertz CT molecular complexity index is 1160. The first-order valence-electron chi connectivity index (χ1n) is 8.73. The molecule has 154 valence electrons. The first-order valence-corrected chi connectivity index (χ1v) is 10.6. The zero-order chi connectivity index (χ0) is 21.6. The Hall–Kier alpha value is -3.36. The molecule has 0 unspecified atom stereocenters. The number of carbonyl (C=O) groups is 1. The maximum absolute atomic E-state index is 12.6. The number of methoxy groups -OCH3 is 1. The molecule has 0 radical (unpaired) electrons. The monoisotopic (exact) mass is 443 g/mol. The van der Waals surface area contributed by atoms with Gasteiger partial charge in [-0.05, 0) is 72.3 Å². The number of carbonyl (C=O) groups excluding carboxylic acids is 1. The second-order valence-electron chi connectivity index (χ2n) is 6.11. The lowest BCUT2D eigenvalue weighted by Gasteiger charge is -2.09. The minimum absolute atomic E-state index is 0.0516. The Kier molecular flexibility index (Phi) is 6.71. The van der Waals surface area contributed by atoms with Crippen LogP contribution >= 0.6 is 11.6 Å². The van der Waals surface area contributed by atoms with Crippen LogP contribution in [0, 0.1) is 0 Å². The highest BCUT2D eigenvalue weighted by molar-refractivity contribution is 7.92. The molecule has 9 heteroatoms. The summed E-state index contributed by atoms with van der Waals surface area (Å²) < 4.78 is 32.7. The molecular weight excluding hydrogens is 426 g/mol. The molecule has 0 saturated heterocycles. The number of rotatable bonds is 7. The summed E-state index contributed by atoms with van der Waals surface area (Å²) >= 11 is 5.81. The van der Waals surface area contributed by atoms with Gasteiger partial charge in [-0.2, -0.15) is 5.10 Å². The highest BCUT2D eigenvalue weighted by Gasteiger charge is 2.16. The van der Waals surface area contributed by atoms with Gasteiger partial charge in [-0.3, -0.25) is 9.52 Å². The van der Waals surface area contributed by atoms with Crippen molar-refractivity contribution in [2.45, 2.75) is 4.90 Å². The van der Waals surface area contributed by atoms with Crippen molar-refractivity contribution in [1.82, 2.24) is 5.43 Å². The van der Waals surface area contributed by atoms with E-state index in [1.807, 2.05) is 0 Å². The predicted molar refractivity (Wildman–Crippen MR) is 117 cm³/mol. The quantitative estimate of drug-likeness (QED) is 0.427. The summed E-state index contributed by atoms with van der Waals surface area (Å²) in [6.07, 6.45) is 1.47. The third-order valence-electron chi connectivity index (χ3n) is 4.00. The summed E-state index contributed by atoms with van der Waals surface area (Å²) in [6, 6.07) is 19.0. The first kappa shape index (κ1) is 21.4. The smallest absolute Gasteiger partial charge is 0.271 e. The molecule has 0 aromatic heterocycles. The van der Waals surface area contributed by atoms with E-state index in [9.17, 15) is 13.2 Å². The minimum atomic E-state index is -3.88. The molecule has 0 atom stereocenters. The fraction of sp³-hybridized carbons (Fsp3) is 0.0476. The van der Waals surface area contributed by atoms with Crippen LogP contribution in [0.25, 0.3) is 0 Å². The second-order valence-corrected chi connectivity index (χ2v) is 8.23. The number of sulfonamides is 1. The third kappa shape index (κ3) is 5.59. The topological polar surface area (TPSA) is 96.9 Å². The van der Waals surface area contributed by atoms with Gasteiger partial charge in [-0.15, -0.1) is 0 Å². The van der Waals surface area contributed by atoms with Crippen LogP contribution in [0.4, 0.5) is 5.69 Å². The van der Waals surface area contributed by atoms with E-state index in [4.69, 9.17) is 16.3 Å².